The third-order valence-corrected chi connectivity index (χ3v) is 4.15. The number of hydrogen-bond acceptors (Lipinski definition) is 3. The van der Waals surface area contributed by atoms with E-state index in [1.807, 2.05) is 24.3 Å². The van der Waals surface area contributed by atoms with Crippen molar-refractivity contribution in [1.29, 1.82) is 5.26 Å². The molecule has 4 nitrogen and oxygen atoms in total. The van der Waals surface area contributed by atoms with Gasteiger partial charge in [0.2, 0.25) is 0 Å². The molecule has 1 N–H and O–H groups in total. The minimum Gasteiger partial charge on any atom is -0.457 e. The number of benzene rings is 2. The lowest BCUT2D eigenvalue weighted by molar-refractivity contribution is -0.137. The van der Waals surface area contributed by atoms with E-state index in [-0.39, 0.29) is 11.3 Å². The van der Waals surface area contributed by atoms with Gasteiger partial charge in [-0.15, -0.1) is 0 Å². The highest BCUT2D eigenvalue weighted by atomic mass is 19.4. The minimum atomic E-state index is -4.43. The average Bonchev–Trinajstić information content (AvgIpc) is 3.32. The quantitative estimate of drug-likeness (QED) is 0.450. The number of para-hydroxylation sites is 2. The summed E-state index contributed by atoms with van der Waals surface area (Å²) in [6, 6.07) is 17.5. The van der Waals surface area contributed by atoms with Crippen LogP contribution in [0.15, 0.2) is 65.1 Å². The zero-order valence-electron chi connectivity index (χ0n) is 14.3. The van der Waals surface area contributed by atoms with Crippen LogP contribution in [0, 0.1) is 11.3 Å². The lowest BCUT2D eigenvalue weighted by atomic mass is 10.1. The van der Waals surface area contributed by atoms with E-state index in [0.29, 0.717) is 17.1 Å². The fraction of sp³-hybridized carbons (Fsp3) is 0.0476. The summed E-state index contributed by atoms with van der Waals surface area (Å²) in [5, 5.41) is 9.47. The molecule has 138 valence electrons. The summed E-state index contributed by atoms with van der Waals surface area (Å²) in [4.78, 5) is 7.43. The Bertz CT molecular complexity index is 1190. The van der Waals surface area contributed by atoms with Gasteiger partial charge in [0.25, 0.3) is 0 Å². The van der Waals surface area contributed by atoms with Gasteiger partial charge < -0.3 is 9.40 Å². The van der Waals surface area contributed by atoms with Crippen LogP contribution < -0.4 is 0 Å². The fourth-order valence-electron chi connectivity index (χ4n) is 2.81. The Hall–Kier alpha value is -3.79. The Balaban J connectivity index is 1.68. The van der Waals surface area contributed by atoms with Gasteiger partial charge in [-0.05, 0) is 36.4 Å². The number of aromatic nitrogens is 2. The topological polar surface area (TPSA) is 65.6 Å². The van der Waals surface area contributed by atoms with Crippen molar-refractivity contribution in [3.05, 3.63) is 77.8 Å². The predicted octanol–water partition coefficient (Wildman–Crippen LogP) is 5.91. The first-order valence-corrected chi connectivity index (χ1v) is 8.28. The van der Waals surface area contributed by atoms with Crippen LogP contribution in [0.1, 0.15) is 17.1 Å². The summed E-state index contributed by atoms with van der Waals surface area (Å²) in [5.41, 5.74) is 1.32. The Labute approximate surface area is 157 Å². The van der Waals surface area contributed by atoms with Gasteiger partial charge in [0.05, 0.1) is 22.2 Å². The summed E-state index contributed by atoms with van der Waals surface area (Å²) < 4.78 is 44.3. The van der Waals surface area contributed by atoms with Crippen molar-refractivity contribution < 1.29 is 17.6 Å². The number of rotatable bonds is 3. The molecule has 0 spiro atoms. The number of aromatic amines is 1. The second-order valence-corrected chi connectivity index (χ2v) is 6.05. The minimum absolute atomic E-state index is 0.251. The largest absolute Gasteiger partial charge is 0.457 e. The zero-order chi connectivity index (χ0) is 19.7. The number of nitrogens with one attached hydrogen (secondary N) is 1. The molecule has 4 aromatic rings. The van der Waals surface area contributed by atoms with E-state index in [9.17, 15) is 18.4 Å². The summed E-state index contributed by atoms with van der Waals surface area (Å²) in [6.07, 6.45) is -2.94. The van der Waals surface area contributed by atoms with Crippen molar-refractivity contribution in [2.45, 2.75) is 6.18 Å². The van der Waals surface area contributed by atoms with Gasteiger partial charge in [0.1, 0.15) is 23.4 Å². The average molecular weight is 379 g/mol. The van der Waals surface area contributed by atoms with E-state index in [4.69, 9.17) is 4.42 Å². The van der Waals surface area contributed by atoms with Gasteiger partial charge in [0.15, 0.2) is 0 Å². The Morgan fingerprint density at radius 2 is 1.89 bits per heavy atom. The second-order valence-electron chi connectivity index (χ2n) is 6.05. The van der Waals surface area contributed by atoms with E-state index >= 15 is 0 Å². The monoisotopic (exact) mass is 379 g/mol. The first-order valence-electron chi connectivity index (χ1n) is 8.28. The highest BCUT2D eigenvalue weighted by Gasteiger charge is 2.30. The van der Waals surface area contributed by atoms with Gasteiger partial charge in [-0.1, -0.05) is 24.3 Å². The lowest BCUT2D eigenvalue weighted by Gasteiger charge is -2.07. The maximum absolute atomic E-state index is 12.9. The van der Waals surface area contributed by atoms with Gasteiger partial charge >= 0.3 is 6.18 Å². The van der Waals surface area contributed by atoms with Crippen molar-refractivity contribution in [2.75, 3.05) is 0 Å². The van der Waals surface area contributed by atoms with Gasteiger partial charge in [-0.3, -0.25) is 0 Å². The maximum Gasteiger partial charge on any atom is 0.416 e. The highest BCUT2D eigenvalue weighted by Crippen LogP contribution is 2.33. The molecule has 2 heterocycles. The number of allylic oxidation sites excluding steroid dienone is 1. The fourth-order valence-corrected chi connectivity index (χ4v) is 2.81. The molecule has 0 aliphatic rings. The number of hydrogen-bond donors (Lipinski definition) is 1. The third-order valence-electron chi connectivity index (χ3n) is 4.15. The zero-order valence-corrected chi connectivity index (χ0v) is 14.3. The summed E-state index contributed by atoms with van der Waals surface area (Å²) >= 11 is 0. The van der Waals surface area contributed by atoms with Crippen LogP contribution >= 0.6 is 0 Å². The van der Waals surface area contributed by atoms with E-state index in [1.165, 1.54) is 18.2 Å². The molecule has 4 rings (SSSR count). The van der Waals surface area contributed by atoms with E-state index in [0.717, 1.165) is 23.2 Å². The van der Waals surface area contributed by atoms with Crippen LogP contribution in [0.4, 0.5) is 13.2 Å². The molecule has 0 amide bonds. The number of fused-ring (bicyclic) bond motifs is 1. The van der Waals surface area contributed by atoms with Crippen LogP contribution in [0.5, 0.6) is 0 Å². The smallest absolute Gasteiger partial charge is 0.416 e. The van der Waals surface area contributed by atoms with E-state index in [1.54, 1.807) is 12.1 Å². The lowest BCUT2D eigenvalue weighted by Crippen LogP contribution is -2.04. The molecule has 28 heavy (non-hydrogen) atoms. The molecule has 0 atom stereocenters. The summed E-state index contributed by atoms with van der Waals surface area (Å²) in [6.45, 7) is 0. The summed E-state index contributed by atoms with van der Waals surface area (Å²) in [5.74, 6) is 1.00. The normalized spacial score (nSPS) is 12.3. The molecular weight excluding hydrogens is 367 g/mol. The van der Waals surface area contributed by atoms with Gasteiger partial charge in [0, 0.05) is 11.6 Å². The molecular formula is C21H12F3N3O. The predicted molar refractivity (Wildman–Crippen MR) is 98.7 cm³/mol. The Morgan fingerprint density at radius 1 is 1.07 bits per heavy atom. The number of imidazole rings is 1. The van der Waals surface area contributed by atoms with Crippen molar-refractivity contribution in [2.24, 2.45) is 0 Å². The SMILES string of the molecule is N#CC(=Cc1ccc(-c2cccc(C(F)(F)F)c2)o1)c1nc2ccccc2[nH]1. The van der Waals surface area contributed by atoms with Crippen LogP contribution in [0.25, 0.3) is 34.0 Å². The van der Waals surface area contributed by atoms with Crippen LogP contribution in [0.3, 0.4) is 0 Å². The molecule has 2 aromatic heterocycles. The molecule has 0 fully saturated rings. The van der Waals surface area contributed by atoms with Crippen LogP contribution in [-0.2, 0) is 6.18 Å². The number of furan rings is 1. The molecule has 7 heteroatoms. The summed E-state index contributed by atoms with van der Waals surface area (Å²) in [7, 11) is 0. The molecule has 2 aromatic carbocycles. The molecule has 0 aliphatic carbocycles. The second kappa shape index (κ2) is 6.74. The van der Waals surface area contributed by atoms with Crippen molar-refractivity contribution in [3.8, 4) is 17.4 Å². The maximum atomic E-state index is 12.9. The van der Waals surface area contributed by atoms with Gasteiger partial charge in [-0.25, -0.2) is 4.98 Å². The molecule has 0 unspecified atom stereocenters. The number of halogens is 3. The number of nitrogens with zero attached hydrogens (tertiary/aromatic N) is 2. The molecule has 0 aliphatic heterocycles. The molecule has 0 radical (unpaired) electrons. The molecule has 0 bridgehead atoms. The van der Waals surface area contributed by atoms with Crippen molar-refractivity contribution in [3.63, 3.8) is 0 Å². The van der Waals surface area contributed by atoms with E-state index in [2.05, 4.69) is 16.0 Å². The van der Waals surface area contributed by atoms with Crippen molar-refractivity contribution >= 4 is 22.7 Å². The Morgan fingerprint density at radius 3 is 2.64 bits per heavy atom. The number of nitriles is 1. The molecule has 0 saturated carbocycles. The van der Waals surface area contributed by atoms with Crippen molar-refractivity contribution in [1.82, 2.24) is 9.97 Å². The number of H-pyrrole nitrogens is 1. The van der Waals surface area contributed by atoms with Crippen LogP contribution in [0.2, 0.25) is 0 Å². The van der Waals surface area contributed by atoms with E-state index < -0.39 is 11.7 Å². The Kier molecular flexibility index (Phi) is 4.24. The first-order chi connectivity index (χ1) is 13.4. The standard InChI is InChI=1S/C21H12F3N3O/c22-21(23,24)15-5-3-4-13(10-15)19-9-8-16(28-19)11-14(12-25)20-26-17-6-1-2-7-18(17)27-20/h1-11H,(H,26,27). The highest BCUT2D eigenvalue weighted by molar-refractivity contribution is 5.89. The number of alkyl halides is 3. The van der Waals surface area contributed by atoms with Crippen LogP contribution in [-0.4, -0.2) is 9.97 Å². The molecule has 0 saturated heterocycles. The van der Waals surface area contributed by atoms with Gasteiger partial charge in [-0.2, -0.15) is 18.4 Å². The first kappa shape index (κ1) is 17.6. The third kappa shape index (κ3) is 3.40.